The largest absolute Gasteiger partial charge is 0.456 e. The van der Waals surface area contributed by atoms with Gasteiger partial charge in [0.2, 0.25) is 5.89 Å². The third-order valence-electron chi connectivity index (χ3n) is 11.4. The summed E-state index contributed by atoms with van der Waals surface area (Å²) in [7, 11) is 0. The Hall–Kier alpha value is -7.17. The Labute approximate surface area is 324 Å². The molecule has 266 valence electrons. The van der Waals surface area contributed by atoms with Gasteiger partial charge in [-0.05, 0) is 88.2 Å². The van der Waals surface area contributed by atoms with Gasteiger partial charge in [0.25, 0.3) is 0 Å². The van der Waals surface area contributed by atoms with E-state index in [-0.39, 0.29) is 5.92 Å². The fraction of sp³-hybridized carbons (Fsp3) is 0.0577. The molecule has 0 fully saturated rings. The van der Waals surface area contributed by atoms with Crippen molar-refractivity contribution in [2.24, 2.45) is 0 Å². The van der Waals surface area contributed by atoms with E-state index < -0.39 is 0 Å². The van der Waals surface area contributed by atoms with Crippen molar-refractivity contribution in [3.63, 3.8) is 0 Å². The maximum Gasteiger partial charge on any atom is 0.227 e. The lowest BCUT2D eigenvalue weighted by molar-refractivity contribution is 0.619. The second-order valence-electron chi connectivity index (χ2n) is 14.6. The van der Waals surface area contributed by atoms with E-state index in [0.717, 1.165) is 68.5 Å². The molecular weight excluding hydrogens is 685 g/mol. The lowest BCUT2D eigenvalue weighted by Gasteiger charge is -2.29. The van der Waals surface area contributed by atoms with Crippen molar-refractivity contribution in [3.8, 4) is 33.7 Å². The van der Waals surface area contributed by atoms with Crippen molar-refractivity contribution in [2.45, 2.75) is 18.8 Å². The molecule has 0 bridgehead atoms. The van der Waals surface area contributed by atoms with Crippen molar-refractivity contribution < 1.29 is 8.83 Å². The van der Waals surface area contributed by atoms with Gasteiger partial charge in [0, 0.05) is 28.6 Å². The van der Waals surface area contributed by atoms with Gasteiger partial charge in [0.05, 0.1) is 16.8 Å². The standard InChI is InChI=1S/C52H36N2O2/c1-4-15-34(16-5-1)35-27-29-38(30-28-35)54(45-25-14-24-42-41-22-11-10-21-40(41)39(31-32-43(42)45)36-17-6-2-7-18-36)46-33-48-49(44-23-12-13-26-47(44)55-48)50-51(46)56-52(53-50)37-19-8-3-9-20-37/h1-30,33,39H,31-32H2. The van der Waals surface area contributed by atoms with Crippen LogP contribution < -0.4 is 4.90 Å². The first-order valence-corrected chi connectivity index (χ1v) is 19.3. The van der Waals surface area contributed by atoms with E-state index in [2.05, 4.69) is 150 Å². The van der Waals surface area contributed by atoms with Crippen molar-refractivity contribution in [1.82, 2.24) is 4.98 Å². The summed E-state index contributed by atoms with van der Waals surface area (Å²) in [5, 5.41) is 1.97. The van der Waals surface area contributed by atoms with Crippen LogP contribution in [-0.4, -0.2) is 4.98 Å². The molecule has 1 atom stereocenters. The number of oxazole rings is 1. The lowest BCUT2D eigenvalue weighted by atomic mass is 9.86. The summed E-state index contributed by atoms with van der Waals surface area (Å²) in [5.41, 5.74) is 15.9. The summed E-state index contributed by atoms with van der Waals surface area (Å²) < 4.78 is 13.6. The number of aromatic nitrogens is 1. The van der Waals surface area contributed by atoms with Crippen LogP contribution in [0.25, 0.3) is 66.7 Å². The van der Waals surface area contributed by atoms with Gasteiger partial charge in [-0.15, -0.1) is 0 Å². The Morgan fingerprint density at radius 2 is 1.18 bits per heavy atom. The first kappa shape index (κ1) is 32.3. The van der Waals surface area contributed by atoms with Crippen LogP contribution in [0.1, 0.15) is 29.0 Å². The fourth-order valence-corrected chi connectivity index (χ4v) is 8.80. The summed E-state index contributed by atoms with van der Waals surface area (Å²) in [4.78, 5) is 7.61. The van der Waals surface area contributed by atoms with Gasteiger partial charge in [-0.2, -0.15) is 0 Å². The van der Waals surface area contributed by atoms with Crippen molar-refractivity contribution >= 4 is 50.1 Å². The van der Waals surface area contributed by atoms with E-state index in [1.165, 1.54) is 33.4 Å². The summed E-state index contributed by atoms with van der Waals surface area (Å²) >= 11 is 0. The number of hydrogen-bond donors (Lipinski definition) is 0. The summed E-state index contributed by atoms with van der Waals surface area (Å²) in [5.74, 6) is 0.845. The SMILES string of the molecule is c1ccc(-c2ccc(N(c3cccc4c3CCC(c3ccccc3)c3ccccc3-4)c3cc4oc5ccccc5c4c4nc(-c5ccccc5)oc34)cc2)cc1. The third kappa shape index (κ3) is 5.33. The topological polar surface area (TPSA) is 42.4 Å². The smallest absolute Gasteiger partial charge is 0.227 e. The fourth-order valence-electron chi connectivity index (χ4n) is 8.80. The van der Waals surface area contributed by atoms with E-state index in [1.54, 1.807) is 0 Å². The van der Waals surface area contributed by atoms with E-state index in [9.17, 15) is 0 Å². The molecule has 10 aromatic rings. The highest BCUT2D eigenvalue weighted by atomic mass is 16.4. The molecular formula is C52H36N2O2. The molecule has 0 aliphatic heterocycles. The molecule has 1 aliphatic carbocycles. The number of para-hydroxylation sites is 1. The minimum atomic E-state index is 0.271. The summed E-state index contributed by atoms with van der Waals surface area (Å²) in [6, 6.07) is 66.6. The lowest BCUT2D eigenvalue weighted by Crippen LogP contribution is -2.13. The predicted molar refractivity (Wildman–Crippen MR) is 229 cm³/mol. The maximum atomic E-state index is 6.93. The molecule has 0 radical (unpaired) electrons. The quantitative estimate of drug-likeness (QED) is 0.171. The van der Waals surface area contributed by atoms with Gasteiger partial charge in [0.15, 0.2) is 5.58 Å². The van der Waals surface area contributed by atoms with E-state index in [0.29, 0.717) is 11.5 Å². The molecule has 4 nitrogen and oxygen atoms in total. The molecule has 2 aromatic heterocycles. The normalized spacial score (nSPS) is 13.8. The van der Waals surface area contributed by atoms with Gasteiger partial charge in [-0.3, -0.25) is 0 Å². The molecule has 0 N–H and O–H groups in total. The highest BCUT2D eigenvalue weighted by molar-refractivity contribution is 6.20. The Bertz CT molecular complexity index is 3020. The van der Waals surface area contributed by atoms with Crippen LogP contribution in [0, 0.1) is 0 Å². The second kappa shape index (κ2) is 13.3. The van der Waals surface area contributed by atoms with Gasteiger partial charge in [-0.1, -0.05) is 146 Å². The zero-order valence-corrected chi connectivity index (χ0v) is 30.6. The number of fused-ring (bicyclic) bond motifs is 8. The zero-order valence-electron chi connectivity index (χ0n) is 30.6. The molecule has 8 aromatic carbocycles. The molecule has 0 saturated carbocycles. The van der Waals surface area contributed by atoms with Crippen LogP contribution in [0.2, 0.25) is 0 Å². The average Bonchev–Trinajstić information content (AvgIpc) is 3.83. The minimum absolute atomic E-state index is 0.271. The molecule has 1 unspecified atom stereocenters. The molecule has 0 spiro atoms. The van der Waals surface area contributed by atoms with E-state index in [1.807, 2.05) is 42.5 Å². The zero-order chi connectivity index (χ0) is 37.0. The van der Waals surface area contributed by atoms with Gasteiger partial charge in [0.1, 0.15) is 16.7 Å². The number of hydrogen-bond acceptors (Lipinski definition) is 4. The summed E-state index contributed by atoms with van der Waals surface area (Å²) in [6.45, 7) is 0. The summed E-state index contributed by atoms with van der Waals surface area (Å²) in [6.07, 6.45) is 1.87. The highest BCUT2D eigenvalue weighted by Gasteiger charge is 2.30. The molecule has 0 amide bonds. The number of benzene rings is 8. The first-order chi connectivity index (χ1) is 27.8. The van der Waals surface area contributed by atoms with Crippen LogP contribution in [0.3, 0.4) is 0 Å². The molecule has 1 aliphatic rings. The maximum absolute atomic E-state index is 6.93. The van der Waals surface area contributed by atoms with Crippen molar-refractivity contribution in [1.29, 1.82) is 0 Å². The van der Waals surface area contributed by atoms with Gasteiger partial charge < -0.3 is 13.7 Å². The third-order valence-corrected chi connectivity index (χ3v) is 11.4. The van der Waals surface area contributed by atoms with Crippen LogP contribution in [0.5, 0.6) is 0 Å². The molecule has 0 saturated heterocycles. The Kier molecular flexibility index (Phi) is 7.66. The minimum Gasteiger partial charge on any atom is -0.456 e. The molecule has 11 rings (SSSR count). The Morgan fingerprint density at radius 1 is 0.518 bits per heavy atom. The van der Waals surface area contributed by atoms with Crippen LogP contribution in [0.15, 0.2) is 197 Å². The van der Waals surface area contributed by atoms with E-state index >= 15 is 0 Å². The molecule has 4 heteroatoms. The second-order valence-corrected chi connectivity index (χ2v) is 14.6. The Morgan fingerprint density at radius 3 is 1.98 bits per heavy atom. The van der Waals surface area contributed by atoms with Gasteiger partial charge >= 0.3 is 0 Å². The van der Waals surface area contributed by atoms with Gasteiger partial charge in [-0.25, -0.2) is 4.98 Å². The highest BCUT2D eigenvalue weighted by Crippen LogP contribution is 2.50. The molecule has 56 heavy (non-hydrogen) atoms. The number of furan rings is 1. The predicted octanol–water partition coefficient (Wildman–Crippen LogP) is 14.3. The monoisotopic (exact) mass is 720 g/mol. The number of anilines is 3. The Balaban J connectivity index is 1.18. The number of nitrogens with zero attached hydrogens (tertiary/aromatic N) is 2. The van der Waals surface area contributed by atoms with Crippen LogP contribution in [0.4, 0.5) is 17.1 Å². The van der Waals surface area contributed by atoms with Crippen LogP contribution >= 0.6 is 0 Å². The first-order valence-electron chi connectivity index (χ1n) is 19.3. The molecule has 2 heterocycles. The van der Waals surface area contributed by atoms with Crippen molar-refractivity contribution in [3.05, 3.63) is 205 Å². The van der Waals surface area contributed by atoms with Crippen molar-refractivity contribution in [2.75, 3.05) is 4.90 Å². The van der Waals surface area contributed by atoms with E-state index in [4.69, 9.17) is 13.8 Å². The van der Waals surface area contributed by atoms with Crippen LogP contribution in [-0.2, 0) is 6.42 Å². The average molecular weight is 721 g/mol. The number of rotatable bonds is 6.